The number of nitrogens with zero attached hydrogens (tertiary/aromatic N) is 5. The first-order chi connectivity index (χ1) is 21.0. The number of sulfonamides is 1. The molecule has 0 radical (unpaired) electrons. The smallest absolute Gasteiger partial charge is 0.326 e. The molecule has 0 saturated carbocycles. The Morgan fingerprint density at radius 3 is 2.55 bits per heavy atom. The van der Waals surface area contributed by atoms with Gasteiger partial charge in [0.1, 0.15) is 11.9 Å². The first-order valence-electron chi connectivity index (χ1n) is 12.9. The predicted octanol–water partition coefficient (Wildman–Crippen LogP) is 5.22. The zero-order valence-corrected chi connectivity index (χ0v) is 25.1. The number of aliphatic imine (C=N–C) groups is 1. The van der Waals surface area contributed by atoms with Crippen LogP contribution in [0.25, 0.3) is 5.57 Å². The van der Waals surface area contributed by atoms with Gasteiger partial charge in [0.25, 0.3) is 0 Å². The van der Waals surface area contributed by atoms with Crippen molar-refractivity contribution < 1.29 is 31.2 Å². The van der Waals surface area contributed by atoms with E-state index >= 15 is 0 Å². The van der Waals surface area contributed by atoms with Crippen LogP contribution in [0.1, 0.15) is 40.8 Å². The fourth-order valence-electron chi connectivity index (χ4n) is 5.17. The van der Waals surface area contributed by atoms with Crippen LogP contribution in [-0.4, -0.2) is 52.7 Å². The largest absolute Gasteiger partial charge is 0.373 e. The molecule has 0 spiro atoms. The minimum absolute atomic E-state index is 0.104. The van der Waals surface area contributed by atoms with E-state index in [0.29, 0.717) is 37.9 Å². The molecule has 4 aromatic rings. The van der Waals surface area contributed by atoms with E-state index in [1.165, 1.54) is 35.6 Å². The highest BCUT2D eigenvalue weighted by molar-refractivity contribution is 7.89. The Kier molecular flexibility index (Phi) is 9.13. The summed E-state index contributed by atoms with van der Waals surface area (Å²) in [4.78, 5) is 27.6. The molecule has 16 heteroatoms. The zero-order valence-electron chi connectivity index (χ0n) is 22.7. The molecule has 1 N–H and O–H groups in total. The number of benzene rings is 2. The number of hydrogen-bond donors (Lipinski definition) is 1. The van der Waals surface area contributed by atoms with E-state index in [9.17, 15) is 21.6 Å². The Labute approximate surface area is 258 Å². The Bertz CT molecular complexity index is 1890. The average molecular weight is 663 g/mol. The van der Waals surface area contributed by atoms with Crippen LogP contribution in [0.4, 0.5) is 13.2 Å². The number of thiazole rings is 1. The van der Waals surface area contributed by atoms with Gasteiger partial charge in [-0.15, -0.1) is 11.3 Å². The molecule has 4 heterocycles. The lowest BCUT2D eigenvalue weighted by Crippen LogP contribution is -2.39. The summed E-state index contributed by atoms with van der Waals surface area (Å²) in [6, 6.07) is 10.6. The van der Waals surface area contributed by atoms with E-state index in [1.54, 1.807) is 36.7 Å². The maximum Gasteiger partial charge on any atom is 0.373 e. The Morgan fingerprint density at radius 1 is 1.16 bits per heavy atom. The lowest BCUT2D eigenvalue weighted by molar-refractivity contribution is -0.191. The van der Waals surface area contributed by atoms with Gasteiger partial charge < -0.3 is 4.90 Å². The lowest BCUT2D eigenvalue weighted by Gasteiger charge is -2.32. The minimum atomic E-state index is -3.89. The van der Waals surface area contributed by atoms with Gasteiger partial charge in [0, 0.05) is 58.6 Å². The molecule has 10 nitrogen and oxygen atoms in total. The number of carbonyl (C=O) groups excluding carboxylic acids is 2. The van der Waals surface area contributed by atoms with Gasteiger partial charge in [-0.1, -0.05) is 35.9 Å². The second-order valence-corrected chi connectivity index (χ2v) is 12.6. The number of aryl methyl sites for hydroxylation is 1. The van der Waals surface area contributed by atoms with Crippen molar-refractivity contribution in [3.05, 3.63) is 105 Å². The maximum absolute atomic E-state index is 14.0. The van der Waals surface area contributed by atoms with E-state index in [1.807, 2.05) is 4.90 Å². The Balaban J connectivity index is 0.00000123. The topological polar surface area (TPSA) is 127 Å². The summed E-state index contributed by atoms with van der Waals surface area (Å²) in [5.41, 5.74) is 2.37. The second kappa shape index (κ2) is 12.8. The maximum atomic E-state index is 14.0. The van der Waals surface area contributed by atoms with Crippen LogP contribution in [-0.2, 0) is 19.6 Å². The van der Waals surface area contributed by atoms with Crippen LogP contribution in [0.2, 0.25) is 5.02 Å². The highest BCUT2D eigenvalue weighted by Gasteiger charge is 2.42. The van der Waals surface area contributed by atoms with E-state index in [4.69, 9.17) is 26.2 Å². The number of nitrogens with one attached hydrogen (secondary N) is 1. The molecule has 2 aliphatic rings. The average Bonchev–Trinajstić information content (AvgIpc) is 3.74. The van der Waals surface area contributed by atoms with E-state index in [-0.39, 0.29) is 34.7 Å². The molecule has 2 aromatic carbocycles. The molecule has 44 heavy (non-hydrogen) atoms. The van der Waals surface area contributed by atoms with Crippen LogP contribution in [0, 0.1) is 12.7 Å². The normalized spacial score (nSPS) is 18.0. The summed E-state index contributed by atoms with van der Waals surface area (Å²) >= 11 is 7.83. The standard InChI is InChI=1S/C27H22ClF3N6O2S2.CO2/c1-15-4-2-3-5-22(15)41(38,39)35-17-13-21-23(20-8-10-37(34-20)27(30)31)24(18-7-6-16(29)12-19(18)28)33-25(36(21)14-17)26-32-9-11-40-26;2-1-3/h2-12,17,24,27,35H,13-14H2,1H3;/t17-,24-;/m0./s1. The number of fused-ring (bicyclic) bond motifs is 1. The fraction of sp³-hybridized carbons (Fsp3) is 0.214. The summed E-state index contributed by atoms with van der Waals surface area (Å²) in [5, 5.41) is 6.57. The monoisotopic (exact) mass is 662 g/mol. The van der Waals surface area contributed by atoms with Crippen molar-refractivity contribution in [2.45, 2.75) is 36.9 Å². The number of hydrogen-bond acceptors (Lipinski definition) is 9. The molecule has 228 valence electrons. The van der Waals surface area contributed by atoms with Gasteiger partial charge in [-0.2, -0.15) is 23.5 Å². The van der Waals surface area contributed by atoms with Gasteiger partial charge in [0.15, 0.2) is 10.8 Å². The number of rotatable bonds is 7. The number of aromatic nitrogens is 3. The third-order valence-electron chi connectivity index (χ3n) is 6.93. The molecule has 0 unspecified atom stereocenters. The fourth-order valence-corrected chi connectivity index (χ4v) is 7.56. The first-order valence-corrected chi connectivity index (χ1v) is 15.6. The third kappa shape index (κ3) is 6.23. The van der Waals surface area contributed by atoms with Gasteiger partial charge in [-0.25, -0.2) is 27.2 Å². The predicted molar refractivity (Wildman–Crippen MR) is 155 cm³/mol. The van der Waals surface area contributed by atoms with Gasteiger partial charge in [-0.3, -0.25) is 4.99 Å². The second-order valence-electron chi connectivity index (χ2n) is 9.66. The Hall–Kier alpha value is -4.14. The zero-order chi connectivity index (χ0) is 31.6. The van der Waals surface area contributed by atoms with Gasteiger partial charge >= 0.3 is 12.7 Å². The lowest BCUT2D eigenvalue weighted by atomic mass is 9.92. The van der Waals surface area contributed by atoms with Crippen LogP contribution >= 0.6 is 22.9 Å². The van der Waals surface area contributed by atoms with Crippen LogP contribution in [0.5, 0.6) is 0 Å². The summed E-state index contributed by atoms with van der Waals surface area (Å²) in [5.74, 6) is -0.0712. The van der Waals surface area contributed by atoms with Crippen molar-refractivity contribution in [2.75, 3.05) is 6.54 Å². The summed E-state index contributed by atoms with van der Waals surface area (Å²) in [7, 11) is -3.89. The van der Waals surface area contributed by atoms with Crippen LogP contribution in [0.3, 0.4) is 0 Å². The number of halogens is 4. The molecule has 1 fully saturated rings. The summed E-state index contributed by atoms with van der Waals surface area (Å²) in [6.07, 6.45) is 3.25. The van der Waals surface area contributed by atoms with E-state index in [0.717, 1.165) is 12.3 Å². The van der Waals surface area contributed by atoms with Crippen molar-refractivity contribution in [3.8, 4) is 0 Å². The van der Waals surface area contributed by atoms with Gasteiger partial charge in [-0.05, 0) is 36.8 Å². The summed E-state index contributed by atoms with van der Waals surface area (Å²) < 4.78 is 71.2. The molecular weight excluding hydrogens is 641 g/mol. The molecule has 6 rings (SSSR count). The SMILES string of the molecule is Cc1ccccc1S(=O)(=O)N[C@H]1CC2=C(c3ccn(C(F)F)n3)[C@H](c3ccc(F)cc3Cl)N=C(c3nccs3)N2C1.O=C=O. The summed E-state index contributed by atoms with van der Waals surface area (Å²) in [6.45, 7) is -0.938. The quantitative estimate of drug-likeness (QED) is 0.288. The minimum Gasteiger partial charge on any atom is -0.326 e. The molecule has 0 aliphatic carbocycles. The van der Waals surface area contributed by atoms with Crippen molar-refractivity contribution in [3.63, 3.8) is 0 Å². The van der Waals surface area contributed by atoms with E-state index in [2.05, 4.69) is 14.8 Å². The molecule has 0 amide bonds. The van der Waals surface area contributed by atoms with Crippen molar-refractivity contribution in [1.82, 2.24) is 24.4 Å². The first kappa shape index (κ1) is 31.3. The molecule has 2 aromatic heterocycles. The number of amidine groups is 1. The third-order valence-corrected chi connectivity index (χ3v) is 9.71. The van der Waals surface area contributed by atoms with Crippen LogP contribution in [0.15, 0.2) is 81.9 Å². The molecule has 0 bridgehead atoms. The highest BCUT2D eigenvalue weighted by Crippen LogP contribution is 2.46. The van der Waals surface area contributed by atoms with Gasteiger partial charge in [0.05, 0.1) is 10.6 Å². The Morgan fingerprint density at radius 2 is 1.91 bits per heavy atom. The molecule has 2 atom stereocenters. The molecule has 1 saturated heterocycles. The van der Waals surface area contributed by atoms with E-state index < -0.39 is 34.5 Å². The van der Waals surface area contributed by atoms with Crippen molar-refractivity contribution >= 4 is 50.5 Å². The van der Waals surface area contributed by atoms with Gasteiger partial charge in [0.2, 0.25) is 10.0 Å². The highest BCUT2D eigenvalue weighted by atomic mass is 35.5. The van der Waals surface area contributed by atoms with Crippen LogP contribution < -0.4 is 4.72 Å². The molecule has 2 aliphatic heterocycles. The van der Waals surface area contributed by atoms with Crippen molar-refractivity contribution in [1.29, 1.82) is 0 Å². The number of alkyl halides is 2. The molecular formula is C28H22ClF3N6O4S2. The van der Waals surface area contributed by atoms with Crippen molar-refractivity contribution in [2.24, 2.45) is 4.99 Å².